The first-order valence-electron chi connectivity index (χ1n) is 11.9. The van der Waals surface area contributed by atoms with Crippen molar-refractivity contribution in [2.75, 3.05) is 20.1 Å². The molecule has 2 aromatic carbocycles. The van der Waals surface area contributed by atoms with E-state index in [-0.39, 0.29) is 11.9 Å². The van der Waals surface area contributed by atoms with Crippen LogP contribution in [0.5, 0.6) is 5.75 Å². The van der Waals surface area contributed by atoms with Crippen molar-refractivity contribution in [2.24, 2.45) is 0 Å². The van der Waals surface area contributed by atoms with Gasteiger partial charge in [0.15, 0.2) is 0 Å². The monoisotopic (exact) mass is 432 g/mol. The van der Waals surface area contributed by atoms with E-state index in [2.05, 4.69) is 29.4 Å². The number of ether oxygens (including phenoxy) is 1. The van der Waals surface area contributed by atoms with E-state index in [0.717, 1.165) is 72.4 Å². The van der Waals surface area contributed by atoms with E-state index < -0.39 is 0 Å². The summed E-state index contributed by atoms with van der Waals surface area (Å²) in [4.78, 5) is 15.8. The summed E-state index contributed by atoms with van der Waals surface area (Å²) in [6.45, 7) is 2.53. The molecule has 1 aliphatic carbocycles. The number of furan rings is 1. The predicted octanol–water partition coefficient (Wildman–Crippen LogP) is 5.49. The summed E-state index contributed by atoms with van der Waals surface area (Å²) in [7, 11) is 2.14. The number of hydrogen-bond acceptors (Lipinski definition) is 4. The van der Waals surface area contributed by atoms with Crippen molar-refractivity contribution in [1.29, 1.82) is 0 Å². The smallest absolute Gasteiger partial charge is 0.255 e. The van der Waals surface area contributed by atoms with Crippen LogP contribution in [0.25, 0.3) is 11.0 Å². The number of nitrogens with zero attached hydrogens (tertiary/aromatic N) is 1. The summed E-state index contributed by atoms with van der Waals surface area (Å²) in [5.74, 6) is 1.95. The van der Waals surface area contributed by atoms with Gasteiger partial charge in [0, 0.05) is 17.3 Å². The Balaban J connectivity index is 1.43. The number of benzene rings is 2. The van der Waals surface area contributed by atoms with Gasteiger partial charge in [-0.25, -0.2) is 0 Å². The summed E-state index contributed by atoms with van der Waals surface area (Å²) in [5.41, 5.74) is 2.61. The lowest BCUT2D eigenvalue weighted by Crippen LogP contribution is -2.43. The second-order valence-electron chi connectivity index (χ2n) is 9.31. The van der Waals surface area contributed by atoms with E-state index in [0.29, 0.717) is 12.5 Å². The molecule has 2 heterocycles. The number of piperidine rings is 1. The van der Waals surface area contributed by atoms with Gasteiger partial charge in [-0.05, 0) is 69.6 Å². The van der Waals surface area contributed by atoms with E-state index >= 15 is 0 Å². The fourth-order valence-electron chi connectivity index (χ4n) is 5.05. The molecule has 32 heavy (non-hydrogen) atoms. The highest BCUT2D eigenvalue weighted by Gasteiger charge is 2.30. The molecule has 1 amide bonds. The van der Waals surface area contributed by atoms with Gasteiger partial charge in [0.1, 0.15) is 23.7 Å². The first-order chi connectivity index (χ1) is 15.7. The van der Waals surface area contributed by atoms with Gasteiger partial charge in [0.25, 0.3) is 5.91 Å². The molecule has 1 saturated heterocycles. The molecule has 0 bridgehead atoms. The summed E-state index contributed by atoms with van der Waals surface area (Å²) in [6, 6.07) is 16.2. The van der Waals surface area contributed by atoms with Crippen LogP contribution in [0, 0.1) is 0 Å². The molecule has 2 fully saturated rings. The molecule has 5 heteroatoms. The molecule has 5 nitrogen and oxygen atoms in total. The van der Waals surface area contributed by atoms with Crippen LogP contribution in [0.2, 0.25) is 0 Å². The van der Waals surface area contributed by atoms with Crippen LogP contribution in [0.1, 0.15) is 66.1 Å². The van der Waals surface area contributed by atoms with Crippen LogP contribution in [-0.2, 0) is 6.61 Å². The summed E-state index contributed by atoms with van der Waals surface area (Å²) in [6.07, 6.45) is 6.55. The number of rotatable bonds is 6. The molecule has 168 valence electrons. The highest BCUT2D eigenvalue weighted by atomic mass is 16.5. The minimum Gasteiger partial charge on any atom is -0.489 e. The van der Waals surface area contributed by atoms with Crippen molar-refractivity contribution in [2.45, 2.75) is 57.1 Å². The number of likely N-dealkylation sites (tertiary alicyclic amines) is 1. The highest BCUT2D eigenvalue weighted by molar-refractivity contribution is 6.07. The predicted molar refractivity (Wildman–Crippen MR) is 126 cm³/mol. The molecule has 1 aliphatic heterocycles. The minimum absolute atomic E-state index is 0.000382. The van der Waals surface area contributed by atoms with Crippen LogP contribution >= 0.6 is 0 Å². The maximum absolute atomic E-state index is 13.5. The van der Waals surface area contributed by atoms with Crippen LogP contribution in [-0.4, -0.2) is 37.0 Å². The highest BCUT2D eigenvalue weighted by Crippen LogP contribution is 2.41. The van der Waals surface area contributed by atoms with Gasteiger partial charge in [-0.3, -0.25) is 4.79 Å². The Morgan fingerprint density at radius 2 is 1.81 bits per heavy atom. The fourth-order valence-corrected chi connectivity index (χ4v) is 5.05. The lowest BCUT2D eigenvalue weighted by molar-refractivity contribution is 0.0915. The molecule has 0 unspecified atom stereocenters. The molecule has 1 aromatic heterocycles. The number of fused-ring (bicyclic) bond motifs is 1. The van der Waals surface area contributed by atoms with Gasteiger partial charge in [0.05, 0.1) is 5.56 Å². The second kappa shape index (κ2) is 9.37. The van der Waals surface area contributed by atoms with Gasteiger partial charge < -0.3 is 19.4 Å². The maximum Gasteiger partial charge on any atom is 0.255 e. The Morgan fingerprint density at radius 1 is 1.06 bits per heavy atom. The molecular weight excluding hydrogens is 400 g/mol. The Bertz CT molecular complexity index is 1060. The van der Waals surface area contributed by atoms with Crippen molar-refractivity contribution in [3.8, 4) is 5.75 Å². The number of carbonyl (C=O) groups is 1. The van der Waals surface area contributed by atoms with E-state index in [1.54, 1.807) is 0 Å². The van der Waals surface area contributed by atoms with Crippen LogP contribution in [0.3, 0.4) is 0 Å². The van der Waals surface area contributed by atoms with Gasteiger partial charge in [-0.1, -0.05) is 43.2 Å². The Labute approximate surface area is 189 Å². The fraction of sp³-hybridized carbons (Fsp3) is 0.444. The van der Waals surface area contributed by atoms with E-state index in [1.165, 1.54) is 12.8 Å². The van der Waals surface area contributed by atoms with Crippen LogP contribution < -0.4 is 10.1 Å². The maximum atomic E-state index is 13.5. The third kappa shape index (κ3) is 4.53. The van der Waals surface area contributed by atoms with Crippen molar-refractivity contribution in [3.05, 3.63) is 65.4 Å². The average molecular weight is 433 g/mol. The zero-order valence-corrected chi connectivity index (χ0v) is 18.8. The van der Waals surface area contributed by atoms with Crippen LogP contribution in [0.4, 0.5) is 0 Å². The zero-order chi connectivity index (χ0) is 21.9. The third-order valence-electron chi connectivity index (χ3n) is 6.94. The van der Waals surface area contributed by atoms with Gasteiger partial charge >= 0.3 is 0 Å². The molecule has 3 aromatic rings. The van der Waals surface area contributed by atoms with E-state index in [9.17, 15) is 4.79 Å². The average Bonchev–Trinajstić information content (AvgIpc) is 3.47. The van der Waals surface area contributed by atoms with Crippen molar-refractivity contribution >= 4 is 16.9 Å². The molecule has 1 saturated carbocycles. The Kier molecular flexibility index (Phi) is 6.17. The summed E-state index contributed by atoms with van der Waals surface area (Å²) < 4.78 is 12.4. The quantitative estimate of drug-likeness (QED) is 0.559. The number of carbonyl (C=O) groups excluding carboxylic acids is 1. The molecule has 0 radical (unpaired) electrons. The number of nitrogens with one attached hydrogen (secondary N) is 1. The van der Waals surface area contributed by atoms with E-state index in [1.807, 2.05) is 36.4 Å². The summed E-state index contributed by atoms with van der Waals surface area (Å²) >= 11 is 0. The molecule has 0 atom stereocenters. The topological polar surface area (TPSA) is 54.7 Å². The summed E-state index contributed by atoms with van der Waals surface area (Å²) in [5, 5.41) is 4.17. The second-order valence-corrected chi connectivity index (χ2v) is 9.31. The zero-order valence-electron chi connectivity index (χ0n) is 18.8. The number of hydrogen-bond donors (Lipinski definition) is 1. The lowest BCUT2D eigenvalue weighted by Gasteiger charge is -2.29. The SMILES string of the molecule is CN1CCC(NC(=O)c2c(C3CCCC3)oc3ccc(OCc4ccccc4)cc23)CC1. The molecule has 2 aliphatic rings. The van der Waals surface area contributed by atoms with Gasteiger partial charge in [0.2, 0.25) is 0 Å². The third-order valence-corrected chi connectivity index (χ3v) is 6.94. The van der Waals surface area contributed by atoms with Gasteiger partial charge in [-0.2, -0.15) is 0 Å². The first kappa shape index (κ1) is 21.1. The molecular formula is C27H32N2O3. The Hall–Kier alpha value is -2.79. The van der Waals surface area contributed by atoms with Crippen molar-refractivity contribution < 1.29 is 13.9 Å². The van der Waals surface area contributed by atoms with Crippen molar-refractivity contribution in [1.82, 2.24) is 10.2 Å². The normalized spacial score (nSPS) is 18.3. The first-order valence-corrected chi connectivity index (χ1v) is 11.9. The minimum atomic E-state index is 0.000382. The van der Waals surface area contributed by atoms with E-state index in [4.69, 9.17) is 9.15 Å². The Morgan fingerprint density at radius 3 is 2.56 bits per heavy atom. The van der Waals surface area contributed by atoms with Crippen LogP contribution in [0.15, 0.2) is 52.9 Å². The molecule has 1 N–H and O–H groups in total. The van der Waals surface area contributed by atoms with Gasteiger partial charge in [-0.15, -0.1) is 0 Å². The largest absolute Gasteiger partial charge is 0.489 e. The van der Waals surface area contributed by atoms with Crippen molar-refractivity contribution in [3.63, 3.8) is 0 Å². The molecule has 5 rings (SSSR count). The number of amides is 1. The molecule has 0 spiro atoms. The standard InChI is InChI=1S/C27H32N2O3/c1-29-15-13-21(14-16-29)28-27(30)25-23-17-22(31-18-19-7-3-2-4-8-19)11-12-24(23)32-26(25)20-9-5-6-10-20/h2-4,7-8,11-12,17,20-21H,5-6,9-10,13-16,18H2,1H3,(H,28,30). The lowest BCUT2D eigenvalue weighted by atomic mass is 9.98.